The molecule has 3 saturated heterocycles. The van der Waals surface area contributed by atoms with Crippen LogP contribution in [0.2, 0.25) is 0 Å². The van der Waals surface area contributed by atoms with Crippen molar-refractivity contribution in [3.8, 4) is 0 Å². The van der Waals surface area contributed by atoms with E-state index in [-0.39, 0.29) is 38.9 Å². The molecule has 1 N–H and O–H groups in total. The molecule has 62 heavy (non-hydrogen) atoms. The minimum Gasteiger partial charge on any atom is -0.368 e. The Hall–Kier alpha value is -4.90. The predicted octanol–water partition coefficient (Wildman–Crippen LogP) is 6.45. The van der Waals surface area contributed by atoms with Crippen molar-refractivity contribution in [3.05, 3.63) is 174 Å². The van der Waals surface area contributed by atoms with Crippen molar-refractivity contribution in [2.45, 2.75) is 101 Å². The third-order valence-electron chi connectivity index (χ3n) is 11.0. The lowest BCUT2D eigenvalue weighted by molar-refractivity contribution is -0.377. The zero-order valence-corrected chi connectivity index (χ0v) is 34.9. The highest BCUT2D eigenvalue weighted by Crippen LogP contribution is 2.38. The van der Waals surface area contributed by atoms with Crippen molar-refractivity contribution in [1.29, 1.82) is 0 Å². The molecule has 0 bridgehead atoms. The maximum Gasteiger partial charge on any atom is 0.217 e. The van der Waals surface area contributed by atoms with Crippen LogP contribution in [0.4, 0.5) is 0 Å². The lowest BCUT2D eigenvalue weighted by Crippen LogP contribution is -2.66. The monoisotopic (exact) mass is 846 g/mol. The zero-order valence-electron chi connectivity index (χ0n) is 34.9. The number of rotatable bonds is 18. The maximum absolute atomic E-state index is 12.7. The number of ether oxygens (including phenoxy) is 10. The van der Waals surface area contributed by atoms with E-state index in [4.69, 9.17) is 47.4 Å². The number of hydrogen-bond donors (Lipinski definition) is 1. The smallest absolute Gasteiger partial charge is 0.217 e. The van der Waals surface area contributed by atoms with Crippen LogP contribution in [0.25, 0.3) is 0 Å². The highest BCUT2D eigenvalue weighted by Gasteiger charge is 2.53. The van der Waals surface area contributed by atoms with Gasteiger partial charge in [0.25, 0.3) is 0 Å². The number of aromatic nitrogens is 1. The van der Waals surface area contributed by atoms with Crippen LogP contribution in [0.3, 0.4) is 0 Å². The van der Waals surface area contributed by atoms with Gasteiger partial charge in [-0.15, -0.1) is 0 Å². The number of nitrogens with zero attached hydrogens (tertiary/aromatic N) is 1. The van der Waals surface area contributed by atoms with E-state index in [9.17, 15) is 4.79 Å². The van der Waals surface area contributed by atoms with Gasteiger partial charge in [0.1, 0.15) is 48.8 Å². The minimum absolute atomic E-state index is 0.0391. The molecule has 3 aliphatic rings. The van der Waals surface area contributed by atoms with Crippen LogP contribution in [0.15, 0.2) is 146 Å². The molecule has 5 aromatic rings. The normalized spacial score (nSPS) is 28.5. The van der Waals surface area contributed by atoms with Crippen LogP contribution in [-0.4, -0.2) is 92.6 Å². The van der Waals surface area contributed by atoms with Crippen molar-refractivity contribution >= 4 is 5.91 Å². The molecular formula is C49H54N2O11. The van der Waals surface area contributed by atoms with Crippen molar-refractivity contribution in [1.82, 2.24) is 10.3 Å². The molecule has 8 rings (SSSR count). The maximum atomic E-state index is 12.7. The van der Waals surface area contributed by atoms with Crippen molar-refractivity contribution < 1.29 is 52.2 Å². The molecule has 13 heteroatoms. The molecular weight excluding hydrogens is 793 g/mol. The molecule has 11 atom stereocenters. The second kappa shape index (κ2) is 21.9. The number of hydrogen-bond acceptors (Lipinski definition) is 12. The molecule has 0 radical (unpaired) electrons. The Kier molecular flexibility index (Phi) is 15.5. The van der Waals surface area contributed by atoms with Crippen LogP contribution in [-0.2, 0) is 78.6 Å². The van der Waals surface area contributed by atoms with Crippen molar-refractivity contribution in [2.24, 2.45) is 0 Å². The van der Waals surface area contributed by atoms with E-state index in [0.717, 1.165) is 22.3 Å². The highest BCUT2D eigenvalue weighted by atomic mass is 16.8. The first kappa shape index (κ1) is 43.7. The van der Waals surface area contributed by atoms with Crippen LogP contribution in [0, 0.1) is 0 Å². The Morgan fingerprint density at radius 2 is 1.18 bits per heavy atom. The third kappa shape index (κ3) is 11.4. The fourth-order valence-electron chi connectivity index (χ4n) is 8.01. The van der Waals surface area contributed by atoms with Gasteiger partial charge < -0.3 is 52.7 Å². The molecule has 0 spiro atoms. The van der Waals surface area contributed by atoms with Gasteiger partial charge in [0.05, 0.1) is 45.3 Å². The zero-order chi connectivity index (χ0) is 42.5. The predicted molar refractivity (Wildman–Crippen MR) is 226 cm³/mol. The van der Waals surface area contributed by atoms with Gasteiger partial charge in [0.15, 0.2) is 18.9 Å². The van der Waals surface area contributed by atoms with E-state index in [1.165, 1.54) is 14.0 Å². The van der Waals surface area contributed by atoms with Gasteiger partial charge in [0, 0.05) is 25.8 Å². The Labute approximate surface area is 362 Å². The second-order valence-electron chi connectivity index (χ2n) is 15.4. The molecule has 1 unspecified atom stereocenters. The standard InChI is InChI=1S/C49H54N2O11/c1-33(52)51-41-44(57-30-38-25-15-16-26-50-38)42(54-27-34-17-7-3-8-18-34)39(60-48(41)53-2)31-59-49-46(56-29-36-21-11-5-12-22-36)45(55-28-35-19-9-4-10-20-35)43-40(61-49)32-58-47(62-43)37-23-13-6-14-24-37/h3-26,39-49H,27-32H2,1-2H3,(H,51,52)/t39-,40-,41-,42-,43-,44-,45+,46+,47?,48+,49-/m1/s1. The summed E-state index contributed by atoms with van der Waals surface area (Å²) in [4.78, 5) is 17.1. The van der Waals surface area contributed by atoms with Crippen molar-refractivity contribution in [3.63, 3.8) is 0 Å². The van der Waals surface area contributed by atoms with Gasteiger partial charge in [-0.1, -0.05) is 127 Å². The summed E-state index contributed by atoms with van der Waals surface area (Å²) < 4.78 is 66.0. The summed E-state index contributed by atoms with van der Waals surface area (Å²) in [6.45, 7) is 2.55. The topological polar surface area (TPSA) is 134 Å². The summed E-state index contributed by atoms with van der Waals surface area (Å²) in [6.07, 6.45) is -5.69. The number of carbonyl (C=O) groups excluding carboxylic acids is 1. The quantitative estimate of drug-likeness (QED) is 0.104. The number of nitrogens with one attached hydrogen (secondary N) is 1. The molecule has 1 amide bonds. The Bertz CT molecular complexity index is 2070. The van der Waals surface area contributed by atoms with E-state index >= 15 is 0 Å². The van der Waals surface area contributed by atoms with E-state index < -0.39 is 67.6 Å². The second-order valence-corrected chi connectivity index (χ2v) is 15.4. The Morgan fingerprint density at radius 3 is 1.76 bits per heavy atom. The summed E-state index contributed by atoms with van der Waals surface area (Å²) in [7, 11) is 1.52. The summed E-state index contributed by atoms with van der Waals surface area (Å²) in [6, 6.07) is 44.4. The average Bonchev–Trinajstić information content (AvgIpc) is 3.32. The molecule has 1 aromatic heterocycles. The third-order valence-corrected chi connectivity index (χ3v) is 11.0. The summed E-state index contributed by atoms with van der Waals surface area (Å²) in [5.74, 6) is -0.278. The fourth-order valence-corrected chi connectivity index (χ4v) is 8.01. The Balaban J connectivity index is 1.09. The van der Waals surface area contributed by atoms with E-state index in [0.29, 0.717) is 12.3 Å². The van der Waals surface area contributed by atoms with Gasteiger partial charge in [-0.25, -0.2) is 0 Å². The number of benzene rings is 4. The molecule has 3 fully saturated rings. The van der Waals surface area contributed by atoms with E-state index in [1.54, 1.807) is 6.20 Å². The van der Waals surface area contributed by atoms with Gasteiger partial charge in [-0.2, -0.15) is 0 Å². The van der Waals surface area contributed by atoms with Gasteiger partial charge >= 0.3 is 0 Å². The van der Waals surface area contributed by atoms with Crippen molar-refractivity contribution in [2.75, 3.05) is 20.3 Å². The molecule has 13 nitrogen and oxygen atoms in total. The lowest BCUT2D eigenvalue weighted by Gasteiger charge is -2.49. The van der Waals surface area contributed by atoms with Gasteiger partial charge in [-0.05, 0) is 28.8 Å². The molecule has 0 aliphatic carbocycles. The number of amides is 1. The number of pyridine rings is 1. The molecule has 4 heterocycles. The van der Waals surface area contributed by atoms with Gasteiger partial charge in [0.2, 0.25) is 5.91 Å². The first-order valence-electron chi connectivity index (χ1n) is 21.0. The largest absolute Gasteiger partial charge is 0.368 e. The van der Waals surface area contributed by atoms with Crippen LogP contribution >= 0.6 is 0 Å². The molecule has 4 aromatic carbocycles. The number of methoxy groups -OCH3 is 1. The summed E-state index contributed by atoms with van der Waals surface area (Å²) in [5, 5.41) is 3.00. The van der Waals surface area contributed by atoms with E-state index in [1.807, 2.05) is 140 Å². The number of fused-ring (bicyclic) bond motifs is 1. The van der Waals surface area contributed by atoms with Crippen LogP contribution < -0.4 is 5.32 Å². The molecule has 326 valence electrons. The molecule has 3 aliphatic heterocycles. The van der Waals surface area contributed by atoms with Gasteiger partial charge in [-0.3, -0.25) is 9.78 Å². The van der Waals surface area contributed by atoms with Crippen LogP contribution in [0.1, 0.15) is 41.2 Å². The molecule has 0 saturated carbocycles. The summed E-state index contributed by atoms with van der Waals surface area (Å²) >= 11 is 0. The first-order valence-corrected chi connectivity index (χ1v) is 21.0. The Morgan fingerprint density at radius 1 is 0.613 bits per heavy atom. The number of carbonyl (C=O) groups is 1. The first-order chi connectivity index (χ1) is 30.5. The SMILES string of the molecule is CO[C@H]1O[C@H](CO[C@@H]2O[C@@H]3COC(c4ccccc4)O[C@H]3[C@H](OCc3ccccc3)[C@@H]2OCc2ccccc2)[C@@H](OCc2ccccc2)[C@H](OCc2ccccn2)[C@H]1NC(C)=O. The van der Waals surface area contributed by atoms with E-state index in [2.05, 4.69) is 10.3 Å². The fraction of sp³-hybridized carbons (Fsp3) is 0.388. The average molecular weight is 847 g/mol. The summed E-state index contributed by atoms with van der Waals surface area (Å²) in [5.41, 5.74) is 4.50. The lowest BCUT2D eigenvalue weighted by atomic mass is 9.95. The highest BCUT2D eigenvalue weighted by molar-refractivity contribution is 5.73. The van der Waals surface area contributed by atoms with Crippen LogP contribution in [0.5, 0.6) is 0 Å². The minimum atomic E-state index is -0.971.